The highest BCUT2D eigenvalue weighted by atomic mass is 16.7. The maximum atomic E-state index is 11.2. The summed E-state index contributed by atoms with van der Waals surface area (Å²) in [5, 5.41) is 72.2. The van der Waals surface area contributed by atoms with Crippen molar-refractivity contribution >= 4 is 0 Å². The van der Waals surface area contributed by atoms with Crippen LogP contribution in [0.4, 0.5) is 0 Å². The Morgan fingerprint density at radius 1 is 0.770 bits per heavy atom. The molecule has 7 rings (SSSR count). The predicted octanol–water partition coefficient (Wildman–Crippen LogP) is 5.12. The molecule has 0 aromatic rings. The van der Waals surface area contributed by atoms with E-state index >= 15 is 0 Å². The van der Waals surface area contributed by atoms with E-state index in [2.05, 4.69) is 47.6 Å². The van der Waals surface area contributed by atoms with Crippen molar-refractivity contribution in [3.8, 4) is 0 Å². The lowest BCUT2D eigenvalue weighted by atomic mass is 9.39. The predicted molar refractivity (Wildman–Crippen MR) is 227 cm³/mol. The highest BCUT2D eigenvalue weighted by Gasteiger charge is 2.67. The molecule has 7 N–H and O–H groups in total. The molecule has 352 valence electrons. The number of hydrogen-bond donors (Lipinski definition) is 7. The Labute approximate surface area is 364 Å². The summed E-state index contributed by atoms with van der Waals surface area (Å²) in [5.74, 6) is 2.05. The normalized spacial score (nSPS) is 47.4. The van der Waals surface area contributed by atoms with Crippen LogP contribution in [0.2, 0.25) is 0 Å². The van der Waals surface area contributed by atoms with Crippen molar-refractivity contribution in [1.82, 2.24) is 0 Å². The molecule has 6 fully saturated rings. The minimum atomic E-state index is -1.08. The number of hydrogen-bond acceptors (Lipinski definition) is 13. The van der Waals surface area contributed by atoms with Crippen molar-refractivity contribution < 1.29 is 64.2 Å². The zero-order valence-corrected chi connectivity index (χ0v) is 38.4. The quantitative estimate of drug-likeness (QED) is 0.114. The maximum Gasteiger partial charge on any atom is 0.184 e. The zero-order chi connectivity index (χ0) is 44.3. The van der Waals surface area contributed by atoms with Gasteiger partial charge in [0.25, 0.3) is 0 Å². The van der Waals surface area contributed by atoms with Crippen LogP contribution in [-0.2, 0) is 28.4 Å². The number of aliphatic hydroxyl groups is 7. The number of aliphatic hydroxyl groups excluding tert-OH is 6. The van der Waals surface area contributed by atoms with Crippen LogP contribution in [0.3, 0.4) is 0 Å². The molecule has 7 aliphatic rings. The first-order chi connectivity index (χ1) is 28.6. The summed E-state index contributed by atoms with van der Waals surface area (Å²) in [6.07, 6.45) is 5.76. The van der Waals surface area contributed by atoms with Gasteiger partial charge in [0.1, 0.15) is 12.2 Å². The van der Waals surface area contributed by atoms with Gasteiger partial charge in [0.05, 0.1) is 68.1 Å². The number of ether oxygens (including phenoxy) is 6. The zero-order valence-electron chi connectivity index (χ0n) is 38.4. The Bertz CT molecular complexity index is 1500. The summed E-state index contributed by atoms with van der Waals surface area (Å²) in [6.45, 7) is 18.0. The molecule has 4 aliphatic carbocycles. The Kier molecular flexibility index (Phi) is 14.6. The van der Waals surface area contributed by atoms with E-state index in [1.807, 2.05) is 0 Å². The molecule has 61 heavy (non-hydrogen) atoms. The van der Waals surface area contributed by atoms with Crippen LogP contribution in [0.25, 0.3) is 0 Å². The van der Waals surface area contributed by atoms with Crippen LogP contribution in [0.15, 0.2) is 11.6 Å². The Morgan fingerprint density at radius 3 is 2.15 bits per heavy atom. The van der Waals surface area contributed by atoms with Gasteiger partial charge in [0.15, 0.2) is 18.9 Å². The molecule has 13 nitrogen and oxygen atoms in total. The summed E-state index contributed by atoms with van der Waals surface area (Å²) in [7, 11) is 0. The molecule has 3 heterocycles. The van der Waals surface area contributed by atoms with Crippen molar-refractivity contribution in [3.05, 3.63) is 11.6 Å². The molecule has 3 saturated carbocycles. The van der Waals surface area contributed by atoms with E-state index in [1.165, 1.54) is 31.3 Å². The van der Waals surface area contributed by atoms with Crippen molar-refractivity contribution in [2.45, 2.75) is 225 Å². The molecule has 19 atom stereocenters. The van der Waals surface area contributed by atoms with Crippen LogP contribution >= 0.6 is 0 Å². The molecule has 13 heteroatoms. The highest BCUT2D eigenvalue weighted by Crippen LogP contribution is 2.75. The minimum Gasteiger partial charge on any atom is -0.394 e. The number of rotatable bonds is 14. The molecule has 0 bridgehead atoms. The molecule has 3 saturated heterocycles. The second-order valence-corrected chi connectivity index (χ2v) is 22.5. The smallest absolute Gasteiger partial charge is 0.184 e. The molecular weight excluding hydrogens is 785 g/mol. The van der Waals surface area contributed by atoms with Crippen LogP contribution in [-0.4, -0.2) is 135 Å². The lowest BCUT2D eigenvalue weighted by molar-refractivity contribution is -0.295. The van der Waals surface area contributed by atoms with E-state index < -0.39 is 73.3 Å². The molecule has 3 aliphatic heterocycles. The van der Waals surface area contributed by atoms with Crippen molar-refractivity contribution in [3.63, 3.8) is 0 Å². The van der Waals surface area contributed by atoms with Gasteiger partial charge in [-0.2, -0.15) is 0 Å². The summed E-state index contributed by atoms with van der Waals surface area (Å²) >= 11 is 0. The number of allylic oxidation sites excluding steroid dienone is 1. The molecular formula is C48H82O13. The largest absolute Gasteiger partial charge is 0.394 e. The third-order valence-electron chi connectivity index (χ3n) is 17.9. The average molecular weight is 867 g/mol. The third kappa shape index (κ3) is 9.45. The Hall–Kier alpha value is -0.780. The Balaban J connectivity index is 0.979. The van der Waals surface area contributed by atoms with Gasteiger partial charge in [-0.05, 0) is 112 Å². The molecule has 0 radical (unpaired) electrons. The first-order valence-corrected chi connectivity index (χ1v) is 23.9. The van der Waals surface area contributed by atoms with Crippen molar-refractivity contribution in [2.75, 3.05) is 19.8 Å². The molecule has 0 aromatic carbocycles. The van der Waals surface area contributed by atoms with Gasteiger partial charge in [0.2, 0.25) is 0 Å². The van der Waals surface area contributed by atoms with Gasteiger partial charge >= 0.3 is 0 Å². The van der Waals surface area contributed by atoms with Crippen LogP contribution in [0, 0.1) is 45.3 Å². The molecule has 0 aromatic heterocycles. The van der Waals surface area contributed by atoms with E-state index in [0.29, 0.717) is 55.8 Å². The van der Waals surface area contributed by atoms with E-state index in [1.54, 1.807) is 13.8 Å². The Morgan fingerprint density at radius 2 is 1.46 bits per heavy atom. The average Bonchev–Trinajstić information content (AvgIpc) is 3.46. The van der Waals surface area contributed by atoms with Gasteiger partial charge in [-0.15, -0.1) is 0 Å². The van der Waals surface area contributed by atoms with Gasteiger partial charge in [-0.1, -0.05) is 53.2 Å². The topological polar surface area (TPSA) is 197 Å². The highest BCUT2D eigenvalue weighted by molar-refractivity contribution is 5.30. The fraction of sp³-hybridized carbons (Fsp3) is 0.958. The maximum absolute atomic E-state index is 11.2. The molecule has 0 spiro atoms. The minimum absolute atomic E-state index is 0.0440. The molecule has 0 amide bonds. The van der Waals surface area contributed by atoms with Crippen LogP contribution in [0.5, 0.6) is 0 Å². The van der Waals surface area contributed by atoms with Crippen LogP contribution in [0.1, 0.15) is 145 Å². The van der Waals surface area contributed by atoms with Crippen molar-refractivity contribution in [1.29, 1.82) is 0 Å². The van der Waals surface area contributed by atoms with Gasteiger partial charge < -0.3 is 64.2 Å². The van der Waals surface area contributed by atoms with E-state index in [-0.39, 0.29) is 54.0 Å². The monoisotopic (exact) mass is 867 g/mol. The van der Waals surface area contributed by atoms with Gasteiger partial charge in [0, 0.05) is 37.5 Å². The fourth-order valence-corrected chi connectivity index (χ4v) is 14.1. The first kappa shape index (κ1) is 48.2. The number of fused-ring (bicyclic) bond motifs is 5. The van der Waals surface area contributed by atoms with Gasteiger partial charge in [-0.25, -0.2) is 0 Å². The van der Waals surface area contributed by atoms with Crippen LogP contribution < -0.4 is 0 Å². The SMILES string of the molecule is C[C@H](CC[C@@H](O[C@H]1C[C@@H](O)C[C@@H](CO)O1)C(C)(C)O)C1CC[C@@]2(C)C3CC=C4C(CC[C@H](O[C@H]5C[C@@H](O)C[C@@H](COC6O[C@H](CO)[C@@H](O)C[C@H]6O)O5)C4(C)C)[C@]3(C)CC[C@]12C. The lowest BCUT2D eigenvalue weighted by Gasteiger charge is -2.66. The molecule has 4 unspecified atom stereocenters. The standard InChI is InChI=1S/C48H82O13/c1-27(9-13-40(45(4,5)55)61-41-21-28(51)19-30(24-49)57-41)32-15-16-48(8)38-12-10-33-34(46(38,6)17-18-47(32,48)7)11-14-39(44(33,2)3)60-42-22-29(52)20-31(58-42)26-56-43-36(54)23-35(53)37(25-50)59-43/h10,27-32,34-43,49-55H,9,11-26H2,1-8H3/t27-,28+,29+,30+,31+,32?,34?,35+,36-,37-,38?,39+,40-,41+,42+,43?,46+,47-,48+/m1/s1. The van der Waals surface area contributed by atoms with E-state index in [9.17, 15) is 35.7 Å². The summed E-state index contributed by atoms with van der Waals surface area (Å²) in [5.41, 5.74) is 0.762. The summed E-state index contributed by atoms with van der Waals surface area (Å²) < 4.78 is 37.0. The lowest BCUT2D eigenvalue weighted by Crippen LogP contribution is -2.59. The van der Waals surface area contributed by atoms with Crippen molar-refractivity contribution in [2.24, 2.45) is 45.3 Å². The summed E-state index contributed by atoms with van der Waals surface area (Å²) in [6, 6.07) is 0. The van der Waals surface area contributed by atoms with E-state index in [0.717, 1.165) is 25.7 Å². The third-order valence-corrected chi connectivity index (χ3v) is 17.9. The van der Waals surface area contributed by atoms with E-state index in [4.69, 9.17) is 28.4 Å². The first-order valence-electron chi connectivity index (χ1n) is 23.9. The summed E-state index contributed by atoms with van der Waals surface area (Å²) in [4.78, 5) is 0. The van der Waals surface area contributed by atoms with Gasteiger partial charge in [-0.3, -0.25) is 0 Å². The fourth-order valence-electron chi connectivity index (χ4n) is 14.1. The second kappa shape index (κ2) is 18.5. The second-order valence-electron chi connectivity index (χ2n) is 22.5.